The van der Waals surface area contributed by atoms with Crippen molar-refractivity contribution >= 4 is 38.2 Å². The Hall–Kier alpha value is -2.23. The minimum atomic E-state index is -3.60. The lowest BCUT2D eigenvalue weighted by Crippen LogP contribution is -2.41. The summed E-state index contributed by atoms with van der Waals surface area (Å²) >= 11 is 1.41. The van der Waals surface area contributed by atoms with Gasteiger partial charge < -0.3 is 11.1 Å². The SMILES string of the molecule is CC1CCc2c(sc(NC(=O)c3ccc(S(=O)(=O)N4CCCCC4C)cc3)c2C(N)=O)C1. The second-order valence-corrected chi connectivity index (χ2v) is 11.9. The van der Waals surface area contributed by atoms with E-state index in [9.17, 15) is 18.0 Å². The van der Waals surface area contributed by atoms with Crippen molar-refractivity contribution in [2.45, 2.75) is 63.3 Å². The number of hydrogen-bond acceptors (Lipinski definition) is 5. The van der Waals surface area contributed by atoms with E-state index in [1.54, 1.807) is 4.31 Å². The van der Waals surface area contributed by atoms with E-state index in [1.165, 1.54) is 35.6 Å². The smallest absolute Gasteiger partial charge is 0.256 e. The molecule has 2 aromatic rings. The first-order chi connectivity index (χ1) is 15.2. The Morgan fingerprint density at radius 3 is 2.50 bits per heavy atom. The normalized spacial score (nSPS) is 21.7. The molecule has 2 unspecified atom stereocenters. The summed E-state index contributed by atoms with van der Waals surface area (Å²) in [5, 5.41) is 3.30. The van der Waals surface area contributed by atoms with Gasteiger partial charge in [0.25, 0.3) is 11.8 Å². The maximum Gasteiger partial charge on any atom is 0.256 e. The van der Waals surface area contributed by atoms with Crippen molar-refractivity contribution in [1.29, 1.82) is 0 Å². The van der Waals surface area contributed by atoms with Crippen LogP contribution in [0.4, 0.5) is 5.00 Å². The minimum Gasteiger partial charge on any atom is -0.365 e. The minimum absolute atomic E-state index is 0.0310. The average Bonchev–Trinajstić information content (AvgIpc) is 3.11. The molecule has 1 aromatic carbocycles. The van der Waals surface area contributed by atoms with Crippen molar-refractivity contribution in [1.82, 2.24) is 4.31 Å². The number of nitrogens with one attached hydrogen (secondary N) is 1. The predicted octanol–water partition coefficient (Wildman–Crippen LogP) is 3.79. The highest BCUT2D eigenvalue weighted by Crippen LogP contribution is 2.39. The first-order valence-corrected chi connectivity index (χ1v) is 13.3. The van der Waals surface area contributed by atoms with Crippen LogP contribution in [-0.4, -0.2) is 37.1 Å². The van der Waals surface area contributed by atoms with Crippen molar-refractivity contribution in [3.63, 3.8) is 0 Å². The highest BCUT2D eigenvalue weighted by Gasteiger charge is 2.31. The lowest BCUT2D eigenvalue weighted by molar-refractivity contribution is 0.1000. The van der Waals surface area contributed by atoms with Crippen molar-refractivity contribution in [2.75, 3.05) is 11.9 Å². The zero-order chi connectivity index (χ0) is 23.0. The van der Waals surface area contributed by atoms with Crippen molar-refractivity contribution < 1.29 is 18.0 Å². The second kappa shape index (κ2) is 8.96. The summed E-state index contributed by atoms with van der Waals surface area (Å²) < 4.78 is 27.6. The molecule has 9 heteroatoms. The van der Waals surface area contributed by atoms with Crippen molar-refractivity contribution in [3.8, 4) is 0 Å². The number of hydrogen-bond donors (Lipinski definition) is 2. The van der Waals surface area contributed by atoms with Gasteiger partial charge in [-0.1, -0.05) is 13.3 Å². The Morgan fingerprint density at radius 2 is 1.84 bits per heavy atom. The van der Waals surface area contributed by atoms with Crippen LogP contribution in [0.25, 0.3) is 0 Å². The molecule has 2 atom stereocenters. The second-order valence-electron chi connectivity index (χ2n) is 8.86. The first kappa shape index (κ1) is 22.9. The number of sulfonamides is 1. The van der Waals surface area contributed by atoms with E-state index in [0.29, 0.717) is 28.6 Å². The zero-order valence-electron chi connectivity index (χ0n) is 18.4. The molecule has 0 bridgehead atoms. The van der Waals surface area contributed by atoms with Crippen LogP contribution >= 0.6 is 11.3 Å². The predicted molar refractivity (Wildman–Crippen MR) is 126 cm³/mol. The Bertz CT molecular complexity index is 1140. The van der Waals surface area contributed by atoms with E-state index in [1.807, 2.05) is 6.92 Å². The lowest BCUT2D eigenvalue weighted by atomic mass is 9.88. The molecule has 172 valence electrons. The fourth-order valence-corrected chi connectivity index (χ4v) is 7.73. The highest BCUT2D eigenvalue weighted by molar-refractivity contribution is 7.89. The van der Waals surface area contributed by atoms with Crippen molar-refractivity contribution in [3.05, 3.63) is 45.8 Å². The maximum atomic E-state index is 13.0. The number of amides is 2. The average molecular weight is 476 g/mol. The molecule has 3 N–H and O–H groups in total. The molecule has 1 aliphatic heterocycles. The molecule has 32 heavy (non-hydrogen) atoms. The van der Waals surface area contributed by atoms with Crippen LogP contribution in [0.15, 0.2) is 29.2 Å². The summed E-state index contributed by atoms with van der Waals surface area (Å²) in [5.41, 5.74) is 7.31. The van der Waals surface area contributed by atoms with Gasteiger partial charge in [0.1, 0.15) is 5.00 Å². The fraction of sp³-hybridized carbons (Fsp3) is 0.478. The molecule has 4 rings (SSSR count). The van der Waals surface area contributed by atoms with Gasteiger partial charge in [-0.2, -0.15) is 4.31 Å². The van der Waals surface area contributed by atoms with Gasteiger partial charge in [-0.3, -0.25) is 9.59 Å². The van der Waals surface area contributed by atoms with Crippen LogP contribution in [0, 0.1) is 5.92 Å². The maximum absolute atomic E-state index is 13.0. The van der Waals surface area contributed by atoms with E-state index in [4.69, 9.17) is 5.73 Å². The molecule has 0 saturated carbocycles. The number of piperidine rings is 1. The number of benzene rings is 1. The Kier molecular flexibility index (Phi) is 6.42. The van der Waals surface area contributed by atoms with Crippen LogP contribution in [0.3, 0.4) is 0 Å². The summed E-state index contributed by atoms with van der Waals surface area (Å²) in [6.45, 7) is 4.62. The van der Waals surface area contributed by atoms with Gasteiger partial charge in [0.2, 0.25) is 10.0 Å². The van der Waals surface area contributed by atoms with Gasteiger partial charge >= 0.3 is 0 Å². The standard InChI is InChI=1S/C23H29N3O4S2/c1-14-6-11-18-19(13-14)31-23(20(18)21(24)27)25-22(28)16-7-9-17(10-8-16)32(29,30)26-12-4-3-5-15(26)2/h7-10,14-15H,3-6,11-13H2,1-2H3,(H2,24,27)(H,25,28). The van der Waals surface area contributed by atoms with E-state index in [2.05, 4.69) is 12.2 Å². The molecule has 1 aromatic heterocycles. The van der Waals surface area contributed by atoms with E-state index in [-0.39, 0.29) is 10.9 Å². The third-order valence-corrected chi connectivity index (χ3v) is 9.65. The number of anilines is 1. The number of carbonyl (C=O) groups is 2. The largest absolute Gasteiger partial charge is 0.365 e. The van der Waals surface area contributed by atoms with Crippen LogP contribution in [-0.2, 0) is 22.9 Å². The van der Waals surface area contributed by atoms with E-state index < -0.39 is 21.8 Å². The third kappa shape index (κ3) is 4.33. The topological polar surface area (TPSA) is 110 Å². The van der Waals surface area contributed by atoms with Gasteiger partial charge in [0, 0.05) is 23.0 Å². The quantitative estimate of drug-likeness (QED) is 0.686. The monoisotopic (exact) mass is 475 g/mol. The molecule has 0 radical (unpaired) electrons. The zero-order valence-corrected chi connectivity index (χ0v) is 20.0. The van der Waals surface area contributed by atoms with Crippen LogP contribution in [0.1, 0.15) is 70.7 Å². The van der Waals surface area contributed by atoms with Crippen LogP contribution in [0.5, 0.6) is 0 Å². The number of nitrogens with zero attached hydrogens (tertiary/aromatic N) is 1. The molecule has 7 nitrogen and oxygen atoms in total. The summed E-state index contributed by atoms with van der Waals surface area (Å²) in [6.07, 6.45) is 5.38. The number of primary amides is 1. The Morgan fingerprint density at radius 1 is 1.12 bits per heavy atom. The molecule has 1 saturated heterocycles. The molecule has 1 aliphatic carbocycles. The molecular formula is C23H29N3O4S2. The van der Waals surface area contributed by atoms with Gasteiger partial charge in [0.05, 0.1) is 10.5 Å². The fourth-order valence-electron chi connectivity index (χ4n) is 4.62. The summed E-state index contributed by atoms with van der Waals surface area (Å²) in [6, 6.07) is 5.94. The summed E-state index contributed by atoms with van der Waals surface area (Å²) in [5.74, 6) is -0.401. The van der Waals surface area contributed by atoms with Gasteiger partial charge in [-0.15, -0.1) is 11.3 Å². The number of carbonyl (C=O) groups excluding carboxylic acids is 2. The summed E-state index contributed by atoms with van der Waals surface area (Å²) in [7, 11) is -3.60. The Labute approximate surface area is 193 Å². The number of rotatable bonds is 5. The molecule has 1 fully saturated rings. The number of fused-ring (bicyclic) bond motifs is 1. The Balaban J connectivity index is 1.55. The number of nitrogens with two attached hydrogens (primary N) is 1. The third-order valence-electron chi connectivity index (χ3n) is 6.45. The van der Waals surface area contributed by atoms with E-state index in [0.717, 1.165) is 49.0 Å². The van der Waals surface area contributed by atoms with Crippen LogP contribution in [0.2, 0.25) is 0 Å². The first-order valence-electron chi connectivity index (χ1n) is 11.1. The molecule has 2 heterocycles. The number of thiophene rings is 1. The summed E-state index contributed by atoms with van der Waals surface area (Å²) in [4.78, 5) is 26.2. The molecule has 0 spiro atoms. The van der Waals surface area contributed by atoms with Crippen molar-refractivity contribution in [2.24, 2.45) is 11.7 Å². The van der Waals surface area contributed by atoms with Gasteiger partial charge in [0.15, 0.2) is 0 Å². The van der Waals surface area contributed by atoms with Gasteiger partial charge in [-0.05, 0) is 74.8 Å². The molecule has 2 aliphatic rings. The molecule has 2 amide bonds. The van der Waals surface area contributed by atoms with E-state index >= 15 is 0 Å². The highest BCUT2D eigenvalue weighted by atomic mass is 32.2. The lowest BCUT2D eigenvalue weighted by Gasteiger charge is -2.32. The van der Waals surface area contributed by atoms with Gasteiger partial charge in [-0.25, -0.2) is 8.42 Å². The molecular weight excluding hydrogens is 446 g/mol. The van der Waals surface area contributed by atoms with Crippen LogP contribution < -0.4 is 11.1 Å².